The minimum absolute atomic E-state index is 0.216. The van der Waals surface area contributed by atoms with E-state index in [2.05, 4.69) is 59.8 Å². The van der Waals surface area contributed by atoms with Gasteiger partial charge in [0.2, 0.25) is 5.91 Å². The first-order valence-electron chi connectivity index (χ1n) is 18.6. The predicted octanol–water partition coefficient (Wildman–Crippen LogP) is 4.34. The molecule has 0 saturated carbocycles. The highest BCUT2D eigenvalue weighted by molar-refractivity contribution is 7.80. The van der Waals surface area contributed by atoms with Gasteiger partial charge in [-0.1, -0.05) is 107 Å². The van der Waals surface area contributed by atoms with Crippen molar-refractivity contribution < 1.29 is 57.0 Å². The Morgan fingerprint density at radius 3 is 1.86 bits per heavy atom. The molecule has 1 heterocycles. The van der Waals surface area contributed by atoms with E-state index in [9.17, 15) is 38.7 Å². The van der Waals surface area contributed by atoms with Crippen LogP contribution in [0.25, 0.3) is 0 Å². The quantitative estimate of drug-likeness (QED) is 0.0324. The summed E-state index contributed by atoms with van der Waals surface area (Å²) in [4.78, 5) is 13.0. The summed E-state index contributed by atoms with van der Waals surface area (Å²) in [6.07, 6.45) is 19.4. The Labute approximate surface area is 305 Å². The first kappa shape index (κ1) is 47.0. The number of carbonyl (C=O) groups excluding carboxylic acids is 1. The van der Waals surface area contributed by atoms with Crippen LogP contribution < -0.4 is 5.32 Å². The largest absolute Gasteiger partial charge is 0.397 e. The summed E-state index contributed by atoms with van der Waals surface area (Å²) in [6, 6.07) is -1.14. The molecule has 0 aromatic heterocycles. The number of amides is 1. The van der Waals surface area contributed by atoms with E-state index in [0.29, 0.717) is 12.8 Å². The number of nitrogens with one attached hydrogen (secondary N) is 1. The molecule has 1 amide bonds. The van der Waals surface area contributed by atoms with Crippen LogP contribution in [0, 0.1) is 0 Å². The van der Waals surface area contributed by atoms with Crippen LogP contribution in [0.15, 0.2) is 48.6 Å². The molecule has 8 atom stereocenters. The monoisotopic (exact) mass is 747 g/mol. The van der Waals surface area contributed by atoms with Gasteiger partial charge < -0.3 is 40.3 Å². The van der Waals surface area contributed by atoms with Gasteiger partial charge in [0.15, 0.2) is 6.29 Å². The number of unbranched alkanes of at least 4 members (excludes halogenated alkanes) is 10. The molecule has 0 spiro atoms. The molecule has 7 N–H and O–H groups in total. The summed E-state index contributed by atoms with van der Waals surface area (Å²) in [5.74, 6) is -0.733. The van der Waals surface area contributed by atoms with E-state index in [0.717, 1.165) is 57.8 Å². The maximum atomic E-state index is 13.0. The number of aliphatic hydroxyl groups excluding tert-OH is 5. The average molecular weight is 748 g/mol. The van der Waals surface area contributed by atoms with Crippen LogP contribution in [0.2, 0.25) is 0 Å². The number of hydrogen-bond donors (Lipinski definition) is 7. The predicted molar refractivity (Wildman–Crippen MR) is 196 cm³/mol. The zero-order valence-electron chi connectivity index (χ0n) is 30.5. The van der Waals surface area contributed by atoms with Crippen LogP contribution in [-0.4, -0.2) is 107 Å². The molecule has 1 aliphatic heterocycles. The van der Waals surface area contributed by atoms with Gasteiger partial charge in [0.1, 0.15) is 30.5 Å². The van der Waals surface area contributed by atoms with E-state index >= 15 is 0 Å². The maximum Gasteiger partial charge on any atom is 0.397 e. The summed E-state index contributed by atoms with van der Waals surface area (Å²) in [5.41, 5.74) is 0. The fraction of sp³-hybridized carbons (Fsp3) is 0.757. The third-order valence-electron chi connectivity index (χ3n) is 8.42. The lowest BCUT2D eigenvalue weighted by Gasteiger charge is -2.41. The SMILES string of the molecule is CCCC/C=C\CCCCCCC(O)C(=O)NC(COC1OC(CO)C(O)C(OS(=O)(=O)O)C1O)C(O)/C=C/CC/C=C/CC/C=C/CCCC. The summed E-state index contributed by atoms with van der Waals surface area (Å²) < 4.78 is 47.1. The second-order valence-corrected chi connectivity index (χ2v) is 14.0. The highest BCUT2D eigenvalue weighted by Gasteiger charge is 2.48. The van der Waals surface area contributed by atoms with Crippen LogP contribution in [0.4, 0.5) is 0 Å². The Bertz CT molecular complexity index is 1130. The maximum absolute atomic E-state index is 13.0. The van der Waals surface area contributed by atoms with Crippen LogP contribution in [-0.2, 0) is 28.9 Å². The summed E-state index contributed by atoms with van der Waals surface area (Å²) in [5, 5.41) is 54.7. The van der Waals surface area contributed by atoms with Gasteiger partial charge in [-0.25, -0.2) is 4.18 Å². The molecular formula is C37H65NO12S. The first-order valence-corrected chi connectivity index (χ1v) is 20.0. The molecule has 0 aromatic carbocycles. The number of aliphatic hydroxyl groups is 5. The van der Waals surface area contributed by atoms with Crippen molar-refractivity contribution in [2.75, 3.05) is 13.2 Å². The smallest absolute Gasteiger partial charge is 0.394 e. The minimum atomic E-state index is -5.12. The molecule has 0 radical (unpaired) electrons. The molecular weight excluding hydrogens is 682 g/mol. The Morgan fingerprint density at radius 2 is 1.31 bits per heavy atom. The fourth-order valence-electron chi connectivity index (χ4n) is 5.34. The van der Waals surface area contributed by atoms with Crippen LogP contribution in [0.1, 0.15) is 117 Å². The van der Waals surface area contributed by atoms with Crippen molar-refractivity contribution in [3.05, 3.63) is 48.6 Å². The third kappa shape index (κ3) is 22.0. The number of hydrogen-bond acceptors (Lipinski definition) is 11. The molecule has 296 valence electrons. The van der Waals surface area contributed by atoms with Gasteiger partial charge in [0, 0.05) is 0 Å². The molecule has 0 aromatic rings. The lowest BCUT2D eigenvalue weighted by molar-refractivity contribution is -0.298. The van der Waals surface area contributed by atoms with E-state index in [1.165, 1.54) is 31.8 Å². The van der Waals surface area contributed by atoms with Crippen LogP contribution in [0.5, 0.6) is 0 Å². The Hall–Kier alpha value is -1.98. The van der Waals surface area contributed by atoms with E-state index in [1.807, 2.05) is 0 Å². The lowest BCUT2D eigenvalue weighted by atomic mass is 9.99. The molecule has 8 unspecified atom stereocenters. The fourth-order valence-corrected chi connectivity index (χ4v) is 5.85. The highest BCUT2D eigenvalue weighted by Crippen LogP contribution is 2.26. The van der Waals surface area contributed by atoms with Crippen molar-refractivity contribution in [1.82, 2.24) is 5.32 Å². The molecule has 51 heavy (non-hydrogen) atoms. The Kier molecular flexibility index (Phi) is 26.3. The van der Waals surface area contributed by atoms with Crippen molar-refractivity contribution >= 4 is 16.3 Å². The van der Waals surface area contributed by atoms with E-state index in [1.54, 1.807) is 6.08 Å². The number of carbonyl (C=O) groups is 1. The van der Waals surface area contributed by atoms with Crippen molar-refractivity contribution in [3.63, 3.8) is 0 Å². The third-order valence-corrected chi connectivity index (χ3v) is 8.88. The van der Waals surface area contributed by atoms with Crippen LogP contribution in [0.3, 0.4) is 0 Å². The number of ether oxygens (including phenoxy) is 2. The zero-order chi connectivity index (χ0) is 37.9. The summed E-state index contributed by atoms with van der Waals surface area (Å²) in [6.45, 7) is 3.03. The van der Waals surface area contributed by atoms with Gasteiger partial charge in [0.05, 0.1) is 25.4 Å². The Balaban J connectivity index is 2.80. The normalized spacial score (nSPS) is 23.5. The van der Waals surface area contributed by atoms with Gasteiger partial charge in [-0.15, -0.1) is 0 Å². The van der Waals surface area contributed by atoms with E-state index in [4.69, 9.17) is 14.0 Å². The van der Waals surface area contributed by atoms with Gasteiger partial charge in [-0.3, -0.25) is 9.35 Å². The summed E-state index contributed by atoms with van der Waals surface area (Å²) >= 11 is 0. The second-order valence-electron chi connectivity index (χ2n) is 12.9. The van der Waals surface area contributed by atoms with Crippen LogP contribution >= 0.6 is 0 Å². The number of rotatable bonds is 29. The van der Waals surface area contributed by atoms with Crippen molar-refractivity contribution in [2.24, 2.45) is 0 Å². The minimum Gasteiger partial charge on any atom is -0.394 e. The molecule has 0 bridgehead atoms. The molecule has 0 aliphatic carbocycles. The second kappa shape index (κ2) is 28.5. The van der Waals surface area contributed by atoms with Gasteiger partial charge >= 0.3 is 10.4 Å². The first-order chi connectivity index (χ1) is 24.4. The average Bonchev–Trinajstić information content (AvgIpc) is 3.09. The van der Waals surface area contributed by atoms with Crippen molar-refractivity contribution in [3.8, 4) is 0 Å². The molecule has 1 saturated heterocycles. The lowest BCUT2D eigenvalue weighted by Crippen LogP contribution is -2.61. The molecule has 1 rings (SSSR count). The Morgan fingerprint density at radius 1 is 0.784 bits per heavy atom. The summed E-state index contributed by atoms with van der Waals surface area (Å²) in [7, 11) is -5.12. The zero-order valence-corrected chi connectivity index (χ0v) is 31.3. The van der Waals surface area contributed by atoms with Crippen molar-refractivity contribution in [1.29, 1.82) is 0 Å². The number of allylic oxidation sites excluding steroid dienone is 7. The van der Waals surface area contributed by atoms with E-state index in [-0.39, 0.29) is 6.42 Å². The molecule has 1 aliphatic rings. The standard InChI is InChI=1S/C37H65NO12S/c1-3-5-7-9-11-13-15-16-18-19-21-23-25-30(40)29(38-36(44)31(41)26-24-22-20-17-14-12-10-8-6-4-2)28-48-37-34(43)35(50-51(45,46)47)33(42)32(27-39)49-37/h9-12,16,18,23,25,29-35,37,39-43H,3-8,13-15,17,19-22,24,26-28H2,1-2H3,(H,38,44)(H,45,46,47)/b11-9+,12-10-,18-16+,25-23+. The van der Waals surface area contributed by atoms with Gasteiger partial charge in [-0.05, 0) is 57.8 Å². The van der Waals surface area contributed by atoms with Crippen molar-refractivity contribution in [2.45, 2.75) is 166 Å². The highest BCUT2D eigenvalue weighted by atomic mass is 32.3. The molecule has 14 heteroatoms. The van der Waals surface area contributed by atoms with Gasteiger partial charge in [-0.2, -0.15) is 8.42 Å². The van der Waals surface area contributed by atoms with E-state index < -0.39 is 78.5 Å². The molecule has 13 nitrogen and oxygen atoms in total. The van der Waals surface area contributed by atoms with Gasteiger partial charge in [0.25, 0.3) is 0 Å². The molecule has 1 fully saturated rings. The topological polar surface area (TPSA) is 212 Å².